The van der Waals surface area contributed by atoms with Gasteiger partial charge in [-0.1, -0.05) is 11.8 Å². The number of thioether (sulfide) groups is 1. The monoisotopic (exact) mass is 454 g/mol. The molecule has 2 rings (SSSR count). The first-order valence-corrected chi connectivity index (χ1v) is 9.58. The Labute approximate surface area is 170 Å². The number of amides is 3. The number of rotatable bonds is 9. The molecule has 1 heterocycles. The third kappa shape index (κ3) is 5.68. The number of hydrogen-bond donors (Lipinski definition) is 1. The number of benzene rings is 1. The Morgan fingerprint density at radius 2 is 1.50 bits per heavy atom. The summed E-state index contributed by atoms with van der Waals surface area (Å²) in [6.45, 7) is 0.0871. The van der Waals surface area contributed by atoms with E-state index < -0.39 is 53.1 Å². The van der Waals surface area contributed by atoms with Crippen LogP contribution in [0.2, 0.25) is 0 Å². The molecule has 1 fully saturated rings. The van der Waals surface area contributed by atoms with Gasteiger partial charge in [0, 0.05) is 25.9 Å². The Kier molecular flexibility index (Phi) is 8.15. The van der Waals surface area contributed by atoms with E-state index in [0.717, 1.165) is 16.7 Å². The van der Waals surface area contributed by atoms with E-state index in [1.807, 2.05) is 0 Å². The summed E-state index contributed by atoms with van der Waals surface area (Å²) in [5, 5.41) is 2.10. The van der Waals surface area contributed by atoms with Crippen LogP contribution in [0.1, 0.15) is 25.7 Å². The number of hydrogen-bond acceptors (Lipinski definition) is 6. The maximum absolute atomic E-state index is 13.4. The molecule has 13 heteroatoms. The van der Waals surface area contributed by atoms with Crippen LogP contribution in [0.3, 0.4) is 0 Å². The molecule has 1 saturated heterocycles. The topological polar surface area (TPSA) is 92.8 Å². The molecule has 7 nitrogen and oxygen atoms in total. The predicted molar refractivity (Wildman–Crippen MR) is 92.9 cm³/mol. The van der Waals surface area contributed by atoms with Crippen LogP contribution < -0.4 is 10.1 Å². The second-order valence-electron chi connectivity index (χ2n) is 6.03. The van der Waals surface area contributed by atoms with Crippen molar-refractivity contribution in [1.82, 2.24) is 10.2 Å². The SMILES string of the molecule is O=C(CCCCC(=O)Oc1c(F)c(F)c(F)c(F)c1F)NCCN1C(=O)CSC1=O. The average Bonchev–Trinajstić information content (AvgIpc) is 3.03. The van der Waals surface area contributed by atoms with Crippen LogP contribution >= 0.6 is 11.8 Å². The first-order chi connectivity index (χ1) is 14.1. The number of carbonyl (C=O) groups is 4. The van der Waals surface area contributed by atoms with Crippen molar-refractivity contribution < 1.29 is 45.9 Å². The number of imide groups is 1. The van der Waals surface area contributed by atoms with Crippen LogP contribution in [0.4, 0.5) is 26.7 Å². The summed E-state index contributed by atoms with van der Waals surface area (Å²) < 4.78 is 70.1. The average molecular weight is 454 g/mol. The molecule has 1 aliphatic rings. The highest BCUT2D eigenvalue weighted by Gasteiger charge is 2.30. The van der Waals surface area contributed by atoms with Gasteiger partial charge in [-0.2, -0.15) is 8.78 Å². The van der Waals surface area contributed by atoms with Crippen LogP contribution in [0.25, 0.3) is 0 Å². The fourth-order valence-electron chi connectivity index (χ4n) is 2.39. The highest BCUT2D eigenvalue weighted by atomic mass is 32.2. The normalized spacial score (nSPS) is 13.7. The van der Waals surface area contributed by atoms with E-state index in [0.29, 0.717) is 0 Å². The lowest BCUT2D eigenvalue weighted by atomic mass is 10.2. The number of halogens is 5. The van der Waals surface area contributed by atoms with Gasteiger partial charge in [-0.3, -0.25) is 24.1 Å². The number of unbranched alkanes of at least 4 members (excludes halogenated alkanes) is 1. The Balaban J connectivity index is 1.70. The van der Waals surface area contributed by atoms with Gasteiger partial charge in [-0.25, -0.2) is 13.2 Å². The van der Waals surface area contributed by atoms with E-state index in [9.17, 15) is 41.1 Å². The zero-order valence-corrected chi connectivity index (χ0v) is 16.1. The zero-order valence-electron chi connectivity index (χ0n) is 15.2. The standard InChI is InChI=1S/C17H15F5N2O5S/c18-11-12(19)14(21)16(15(22)13(11)20)29-10(27)4-2-1-3-8(25)23-5-6-24-9(26)7-30-17(24)28/h1-7H2,(H,23,25). The van der Waals surface area contributed by atoms with Gasteiger partial charge in [0.05, 0.1) is 5.75 Å². The van der Waals surface area contributed by atoms with Crippen molar-refractivity contribution in [3.8, 4) is 5.75 Å². The van der Waals surface area contributed by atoms with Crippen LogP contribution in [-0.4, -0.2) is 46.8 Å². The largest absolute Gasteiger partial charge is 0.420 e. The van der Waals surface area contributed by atoms with E-state index in [4.69, 9.17) is 0 Å². The molecule has 1 aromatic rings. The van der Waals surface area contributed by atoms with Gasteiger partial charge in [0.15, 0.2) is 0 Å². The Hall–Kier alpha value is -2.70. The van der Waals surface area contributed by atoms with E-state index in [-0.39, 0.29) is 49.3 Å². The van der Waals surface area contributed by atoms with Gasteiger partial charge >= 0.3 is 5.97 Å². The molecule has 0 atom stereocenters. The van der Waals surface area contributed by atoms with Crippen molar-refractivity contribution in [3.05, 3.63) is 29.1 Å². The number of esters is 1. The smallest absolute Gasteiger partial charge is 0.311 e. The molecule has 0 unspecified atom stereocenters. The quantitative estimate of drug-likeness (QED) is 0.154. The summed E-state index contributed by atoms with van der Waals surface area (Å²) >= 11 is 0.870. The van der Waals surface area contributed by atoms with Gasteiger partial charge < -0.3 is 10.1 Å². The third-order valence-electron chi connectivity index (χ3n) is 3.92. The number of carbonyl (C=O) groups excluding carboxylic acids is 4. The van der Waals surface area contributed by atoms with Gasteiger partial charge in [-0.05, 0) is 12.8 Å². The maximum atomic E-state index is 13.4. The fourth-order valence-corrected chi connectivity index (χ4v) is 3.14. The second kappa shape index (κ2) is 10.4. The van der Waals surface area contributed by atoms with Gasteiger partial charge in [0.25, 0.3) is 5.24 Å². The molecule has 0 saturated carbocycles. The van der Waals surface area contributed by atoms with Crippen LogP contribution in [0.15, 0.2) is 0 Å². The van der Waals surface area contributed by atoms with Crippen LogP contribution in [0, 0.1) is 29.1 Å². The molecule has 0 aliphatic carbocycles. The van der Waals surface area contributed by atoms with Crippen molar-refractivity contribution in [2.45, 2.75) is 25.7 Å². The summed E-state index contributed by atoms with van der Waals surface area (Å²) in [6, 6.07) is 0. The molecular weight excluding hydrogens is 439 g/mol. The first kappa shape index (κ1) is 23.6. The zero-order chi connectivity index (χ0) is 22.4. The Morgan fingerprint density at radius 3 is 2.07 bits per heavy atom. The number of nitrogens with zero attached hydrogens (tertiary/aromatic N) is 1. The summed E-state index contributed by atoms with van der Waals surface area (Å²) in [5.74, 6) is -15.0. The molecule has 0 spiro atoms. The third-order valence-corrected chi connectivity index (χ3v) is 4.78. The van der Waals surface area contributed by atoms with Gasteiger partial charge in [0.2, 0.25) is 46.6 Å². The van der Waals surface area contributed by atoms with Crippen molar-refractivity contribution in [1.29, 1.82) is 0 Å². The van der Waals surface area contributed by atoms with E-state index in [1.165, 1.54) is 0 Å². The molecular formula is C17H15F5N2O5S. The summed E-state index contributed by atoms with van der Waals surface area (Å²) in [5.41, 5.74) is 0. The maximum Gasteiger partial charge on any atom is 0.311 e. The molecule has 3 amide bonds. The van der Waals surface area contributed by atoms with Crippen molar-refractivity contribution in [2.24, 2.45) is 0 Å². The lowest BCUT2D eigenvalue weighted by Crippen LogP contribution is -2.37. The minimum atomic E-state index is -2.37. The molecule has 1 N–H and O–H groups in total. The van der Waals surface area contributed by atoms with Gasteiger partial charge in [0.1, 0.15) is 0 Å². The molecule has 30 heavy (non-hydrogen) atoms. The molecule has 0 radical (unpaired) electrons. The lowest BCUT2D eigenvalue weighted by molar-refractivity contribution is -0.135. The lowest BCUT2D eigenvalue weighted by Gasteiger charge is -2.13. The Bertz CT molecular complexity index is 838. The van der Waals surface area contributed by atoms with Crippen LogP contribution in [0.5, 0.6) is 5.75 Å². The van der Waals surface area contributed by atoms with Crippen molar-refractivity contribution in [3.63, 3.8) is 0 Å². The molecule has 1 aromatic carbocycles. The molecule has 0 aromatic heterocycles. The summed E-state index contributed by atoms with van der Waals surface area (Å²) in [4.78, 5) is 47.0. The molecule has 1 aliphatic heterocycles. The van der Waals surface area contributed by atoms with Crippen molar-refractivity contribution >= 4 is 34.8 Å². The van der Waals surface area contributed by atoms with E-state index >= 15 is 0 Å². The summed E-state index contributed by atoms with van der Waals surface area (Å²) in [6.07, 6.45) is -0.260. The van der Waals surface area contributed by atoms with E-state index in [1.54, 1.807) is 0 Å². The predicted octanol–water partition coefficient (Wildman–Crippen LogP) is 2.66. The fraction of sp³-hybridized carbons (Fsp3) is 0.412. The van der Waals surface area contributed by atoms with Crippen LogP contribution in [-0.2, 0) is 14.4 Å². The molecule has 0 bridgehead atoms. The summed E-state index contributed by atoms with van der Waals surface area (Å²) in [7, 11) is 0. The first-order valence-electron chi connectivity index (χ1n) is 8.59. The Morgan fingerprint density at radius 1 is 0.933 bits per heavy atom. The minimum Gasteiger partial charge on any atom is -0.420 e. The van der Waals surface area contributed by atoms with Gasteiger partial charge in [-0.15, -0.1) is 0 Å². The van der Waals surface area contributed by atoms with Crippen molar-refractivity contribution in [2.75, 3.05) is 18.8 Å². The number of ether oxygens (including phenoxy) is 1. The number of nitrogens with one attached hydrogen (secondary N) is 1. The minimum absolute atomic E-state index is 0.0324. The highest BCUT2D eigenvalue weighted by molar-refractivity contribution is 8.14. The second-order valence-corrected chi connectivity index (χ2v) is 6.96. The molecule has 164 valence electrons. The van der Waals surface area contributed by atoms with E-state index in [2.05, 4.69) is 10.1 Å². The highest BCUT2D eigenvalue weighted by Crippen LogP contribution is 2.29.